The number of aromatic nitrogens is 1. The standard InChI is InChI=1S/C13H19ClN2O2S/c1-19(17,18)16-7-2-3-11(5-8-16)9-12-4-6-15-13(14)10-12/h4,6,10-11H,2-3,5,7-9H2,1H3/t11-/m0/s1. The van der Waals surface area contributed by atoms with Crippen molar-refractivity contribution in [2.75, 3.05) is 19.3 Å². The van der Waals surface area contributed by atoms with Crippen molar-refractivity contribution in [1.82, 2.24) is 9.29 Å². The van der Waals surface area contributed by atoms with Crippen LogP contribution in [0.2, 0.25) is 5.15 Å². The molecule has 0 unspecified atom stereocenters. The maximum atomic E-state index is 11.5. The lowest BCUT2D eigenvalue weighted by atomic mass is 9.93. The fraction of sp³-hybridized carbons (Fsp3) is 0.615. The molecule has 1 aliphatic rings. The largest absolute Gasteiger partial charge is 0.245 e. The van der Waals surface area contributed by atoms with Crippen LogP contribution in [0.4, 0.5) is 0 Å². The van der Waals surface area contributed by atoms with E-state index < -0.39 is 10.0 Å². The molecule has 0 radical (unpaired) electrons. The van der Waals surface area contributed by atoms with Crippen molar-refractivity contribution in [2.24, 2.45) is 5.92 Å². The number of nitrogens with zero attached hydrogens (tertiary/aromatic N) is 2. The van der Waals surface area contributed by atoms with E-state index >= 15 is 0 Å². The zero-order valence-electron chi connectivity index (χ0n) is 11.0. The Morgan fingerprint density at radius 3 is 2.89 bits per heavy atom. The molecule has 19 heavy (non-hydrogen) atoms. The third-order valence-electron chi connectivity index (χ3n) is 3.59. The molecule has 0 aromatic carbocycles. The fourth-order valence-corrected chi connectivity index (χ4v) is 3.67. The van der Waals surface area contributed by atoms with E-state index in [4.69, 9.17) is 11.6 Å². The van der Waals surface area contributed by atoms with Gasteiger partial charge in [0.25, 0.3) is 0 Å². The van der Waals surface area contributed by atoms with E-state index in [1.165, 1.54) is 11.8 Å². The quantitative estimate of drug-likeness (QED) is 0.805. The topological polar surface area (TPSA) is 50.3 Å². The van der Waals surface area contributed by atoms with Gasteiger partial charge in [0, 0.05) is 19.3 Å². The summed E-state index contributed by atoms with van der Waals surface area (Å²) in [5, 5.41) is 0.517. The first-order valence-electron chi connectivity index (χ1n) is 6.51. The molecule has 1 aromatic heterocycles. The molecule has 0 amide bonds. The van der Waals surface area contributed by atoms with Crippen molar-refractivity contribution in [1.29, 1.82) is 0 Å². The van der Waals surface area contributed by atoms with Crippen LogP contribution in [0.5, 0.6) is 0 Å². The third kappa shape index (κ3) is 4.44. The predicted molar refractivity (Wildman–Crippen MR) is 76.7 cm³/mol. The first-order valence-corrected chi connectivity index (χ1v) is 8.73. The Labute approximate surface area is 119 Å². The number of rotatable bonds is 3. The summed E-state index contributed by atoms with van der Waals surface area (Å²) in [5.41, 5.74) is 1.18. The van der Waals surface area contributed by atoms with Crippen LogP contribution in [0.3, 0.4) is 0 Å². The molecule has 4 nitrogen and oxygen atoms in total. The Hall–Kier alpha value is -0.650. The first kappa shape index (κ1) is 14.8. The molecule has 0 saturated carbocycles. The SMILES string of the molecule is CS(=O)(=O)N1CCC[C@H](Cc2ccnc(Cl)c2)CC1. The zero-order chi connectivity index (χ0) is 13.9. The minimum absolute atomic E-state index is 0.517. The van der Waals surface area contributed by atoms with Crippen LogP contribution in [-0.2, 0) is 16.4 Å². The highest BCUT2D eigenvalue weighted by Crippen LogP contribution is 2.23. The van der Waals surface area contributed by atoms with Gasteiger partial charge in [0.05, 0.1) is 6.26 Å². The highest BCUT2D eigenvalue weighted by atomic mass is 35.5. The maximum Gasteiger partial charge on any atom is 0.211 e. The monoisotopic (exact) mass is 302 g/mol. The van der Waals surface area contributed by atoms with Gasteiger partial charge >= 0.3 is 0 Å². The van der Waals surface area contributed by atoms with E-state index in [1.54, 1.807) is 10.5 Å². The molecule has 2 rings (SSSR count). The molecule has 2 heterocycles. The van der Waals surface area contributed by atoms with Gasteiger partial charge < -0.3 is 0 Å². The Kier molecular flexibility index (Phi) is 4.81. The second kappa shape index (κ2) is 6.20. The Balaban J connectivity index is 1.96. The summed E-state index contributed by atoms with van der Waals surface area (Å²) in [4.78, 5) is 3.97. The molecule has 1 fully saturated rings. The van der Waals surface area contributed by atoms with E-state index in [2.05, 4.69) is 4.98 Å². The number of halogens is 1. The normalized spacial score (nSPS) is 22.1. The average Bonchev–Trinajstić information content (AvgIpc) is 2.54. The Morgan fingerprint density at radius 2 is 2.21 bits per heavy atom. The first-order chi connectivity index (χ1) is 8.95. The zero-order valence-corrected chi connectivity index (χ0v) is 12.6. The highest BCUT2D eigenvalue weighted by Gasteiger charge is 2.22. The molecular formula is C13H19ClN2O2S. The molecule has 1 aliphatic heterocycles. The summed E-state index contributed by atoms with van der Waals surface area (Å²) >= 11 is 5.88. The van der Waals surface area contributed by atoms with Gasteiger partial charge in [-0.1, -0.05) is 11.6 Å². The van der Waals surface area contributed by atoms with Crippen molar-refractivity contribution in [3.8, 4) is 0 Å². The average molecular weight is 303 g/mol. The van der Waals surface area contributed by atoms with Gasteiger partial charge in [-0.15, -0.1) is 0 Å². The second-order valence-electron chi connectivity index (χ2n) is 5.15. The number of sulfonamides is 1. The van der Waals surface area contributed by atoms with Crippen molar-refractivity contribution in [3.05, 3.63) is 29.0 Å². The Morgan fingerprint density at radius 1 is 1.42 bits per heavy atom. The van der Waals surface area contributed by atoms with Crippen LogP contribution in [0.1, 0.15) is 24.8 Å². The molecule has 1 atom stereocenters. The van der Waals surface area contributed by atoms with Crippen LogP contribution in [-0.4, -0.2) is 37.1 Å². The summed E-state index contributed by atoms with van der Waals surface area (Å²) in [6.07, 6.45) is 6.85. The summed E-state index contributed by atoms with van der Waals surface area (Å²) in [5.74, 6) is 0.519. The lowest BCUT2D eigenvalue weighted by Crippen LogP contribution is -2.30. The molecule has 0 spiro atoms. The number of hydrogen-bond donors (Lipinski definition) is 0. The van der Waals surface area contributed by atoms with Gasteiger partial charge in [-0.3, -0.25) is 0 Å². The van der Waals surface area contributed by atoms with E-state index in [-0.39, 0.29) is 0 Å². The molecule has 0 N–H and O–H groups in total. The van der Waals surface area contributed by atoms with Crippen molar-refractivity contribution in [2.45, 2.75) is 25.7 Å². The van der Waals surface area contributed by atoms with Crippen LogP contribution in [0, 0.1) is 5.92 Å². The van der Waals surface area contributed by atoms with Crippen molar-refractivity contribution >= 4 is 21.6 Å². The van der Waals surface area contributed by atoms with E-state index in [0.717, 1.165) is 25.7 Å². The van der Waals surface area contributed by atoms with Gasteiger partial charge in [0.15, 0.2) is 0 Å². The van der Waals surface area contributed by atoms with Gasteiger partial charge in [-0.2, -0.15) is 0 Å². The summed E-state index contributed by atoms with van der Waals surface area (Å²) in [7, 11) is -3.05. The van der Waals surface area contributed by atoms with Crippen molar-refractivity contribution in [3.63, 3.8) is 0 Å². The molecule has 1 aromatic rings. The number of hydrogen-bond acceptors (Lipinski definition) is 3. The molecule has 6 heteroatoms. The molecule has 106 valence electrons. The Bertz CT molecular complexity index is 533. The minimum atomic E-state index is -3.05. The fourth-order valence-electron chi connectivity index (χ4n) is 2.58. The lowest BCUT2D eigenvalue weighted by molar-refractivity contribution is 0.413. The number of pyridine rings is 1. The van der Waals surface area contributed by atoms with Crippen LogP contribution < -0.4 is 0 Å². The van der Waals surface area contributed by atoms with Crippen LogP contribution >= 0.6 is 11.6 Å². The molecule has 0 aliphatic carbocycles. The third-order valence-corrected chi connectivity index (χ3v) is 5.10. The van der Waals surface area contributed by atoms with E-state index in [1.807, 2.05) is 12.1 Å². The summed E-state index contributed by atoms with van der Waals surface area (Å²) < 4.78 is 24.7. The van der Waals surface area contributed by atoms with E-state index in [0.29, 0.717) is 24.2 Å². The predicted octanol–water partition coefficient (Wildman–Crippen LogP) is 2.34. The van der Waals surface area contributed by atoms with Crippen molar-refractivity contribution < 1.29 is 8.42 Å². The second-order valence-corrected chi connectivity index (χ2v) is 7.52. The van der Waals surface area contributed by atoms with Gasteiger partial charge in [-0.05, 0) is 49.3 Å². The minimum Gasteiger partial charge on any atom is -0.245 e. The summed E-state index contributed by atoms with van der Waals surface area (Å²) in [6, 6.07) is 3.87. The lowest BCUT2D eigenvalue weighted by Gasteiger charge is -2.17. The molecule has 0 bridgehead atoms. The highest BCUT2D eigenvalue weighted by molar-refractivity contribution is 7.88. The smallest absolute Gasteiger partial charge is 0.211 e. The van der Waals surface area contributed by atoms with Crippen LogP contribution in [0.15, 0.2) is 18.3 Å². The summed E-state index contributed by atoms with van der Waals surface area (Å²) in [6.45, 7) is 1.27. The van der Waals surface area contributed by atoms with Gasteiger partial charge in [0.2, 0.25) is 10.0 Å². The van der Waals surface area contributed by atoms with Crippen LogP contribution in [0.25, 0.3) is 0 Å². The maximum absolute atomic E-state index is 11.5. The van der Waals surface area contributed by atoms with Gasteiger partial charge in [-0.25, -0.2) is 17.7 Å². The molecule has 1 saturated heterocycles. The van der Waals surface area contributed by atoms with Gasteiger partial charge in [0.1, 0.15) is 5.15 Å². The van der Waals surface area contributed by atoms with E-state index in [9.17, 15) is 8.42 Å². The molecular weight excluding hydrogens is 284 g/mol.